The Morgan fingerprint density at radius 1 is 1.15 bits per heavy atom. The molecule has 0 aliphatic rings. The van der Waals surface area contributed by atoms with Gasteiger partial charge in [-0.2, -0.15) is 4.31 Å². The van der Waals surface area contributed by atoms with Gasteiger partial charge in [0.25, 0.3) is 0 Å². The highest BCUT2D eigenvalue weighted by atomic mass is 32.2. The molecule has 1 aromatic rings. The van der Waals surface area contributed by atoms with E-state index < -0.39 is 19.9 Å². The molecule has 0 radical (unpaired) electrons. The number of hydrogen-bond acceptors (Lipinski definition) is 6. The predicted octanol–water partition coefficient (Wildman–Crippen LogP) is 0.406. The van der Waals surface area contributed by atoms with Crippen LogP contribution in [-0.2, 0) is 19.9 Å². The quantitative estimate of drug-likeness (QED) is 0.580. The molecule has 0 saturated heterocycles. The molecular weight excluding hydrogens is 302 g/mol. The van der Waals surface area contributed by atoms with Crippen LogP contribution in [0.15, 0.2) is 28.0 Å². The second-order valence-electron chi connectivity index (χ2n) is 4.16. The first-order chi connectivity index (χ1) is 9.18. The van der Waals surface area contributed by atoms with E-state index in [9.17, 15) is 16.8 Å². The van der Waals surface area contributed by atoms with Crippen LogP contribution in [0, 0.1) is 0 Å². The number of nitrogens with two attached hydrogens (primary N) is 1. The van der Waals surface area contributed by atoms with Crippen molar-refractivity contribution in [2.24, 2.45) is 5.84 Å². The van der Waals surface area contributed by atoms with Gasteiger partial charge in [0.2, 0.25) is 10.0 Å². The fraction of sp³-hybridized carbons (Fsp3) is 0.455. The van der Waals surface area contributed by atoms with Crippen molar-refractivity contribution in [2.45, 2.75) is 23.6 Å². The van der Waals surface area contributed by atoms with Gasteiger partial charge in [-0.1, -0.05) is 13.8 Å². The van der Waals surface area contributed by atoms with Gasteiger partial charge in [0.05, 0.1) is 10.6 Å². The van der Waals surface area contributed by atoms with Gasteiger partial charge in [-0.15, -0.1) is 0 Å². The van der Waals surface area contributed by atoms with Gasteiger partial charge in [-0.25, -0.2) is 16.8 Å². The van der Waals surface area contributed by atoms with Crippen molar-refractivity contribution in [3.8, 4) is 0 Å². The smallest absolute Gasteiger partial charge is 0.245 e. The first kappa shape index (κ1) is 16.9. The number of rotatable bonds is 6. The van der Waals surface area contributed by atoms with E-state index in [0.717, 1.165) is 12.3 Å². The average Bonchev–Trinajstić information content (AvgIpc) is 2.38. The van der Waals surface area contributed by atoms with E-state index in [-0.39, 0.29) is 28.6 Å². The average molecular weight is 321 g/mol. The summed E-state index contributed by atoms with van der Waals surface area (Å²) in [6.07, 6.45) is 1.02. The third-order valence-corrected chi connectivity index (χ3v) is 6.06. The normalized spacial score (nSPS) is 12.7. The van der Waals surface area contributed by atoms with Crippen molar-refractivity contribution >= 4 is 25.5 Å². The summed E-state index contributed by atoms with van der Waals surface area (Å²) < 4.78 is 49.3. The lowest BCUT2D eigenvalue weighted by Crippen LogP contribution is -2.31. The second-order valence-corrected chi connectivity index (χ2v) is 8.09. The molecule has 0 unspecified atom stereocenters. The first-order valence-corrected chi connectivity index (χ1v) is 9.32. The number of nitrogen functional groups attached to an aromatic ring is 1. The Kier molecular flexibility index (Phi) is 5.14. The van der Waals surface area contributed by atoms with Crippen molar-refractivity contribution in [3.63, 3.8) is 0 Å². The maximum Gasteiger partial charge on any atom is 0.245 e. The minimum Gasteiger partial charge on any atom is -0.323 e. The molecular formula is C11H19N3O4S2. The predicted molar refractivity (Wildman–Crippen MR) is 77.5 cm³/mol. The molecule has 0 atom stereocenters. The minimum atomic E-state index is -3.80. The fourth-order valence-electron chi connectivity index (χ4n) is 1.77. The van der Waals surface area contributed by atoms with Gasteiger partial charge in [-0.05, 0) is 18.2 Å². The van der Waals surface area contributed by atoms with E-state index in [2.05, 4.69) is 5.43 Å². The van der Waals surface area contributed by atoms with Gasteiger partial charge >= 0.3 is 0 Å². The van der Waals surface area contributed by atoms with E-state index in [1.54, 1.807) is 13.8 Å². The highest BCUT2D eigenvalue weighted by molar-refractivity contribution is 7.91. The molecule has 0 saturated carbocycles. The molecule has 1 aromatic carbocycles. The van der Waals surface area contributed by atoms with Crippen molar-refractivity contribution in [1.29, 1.82) is 0 Å². The summed E-state index contributed by atoms with van der Waals surface area (Å²) in [6.45, 7) is 3.98. The van der Waals surface area contributed by atoms with E-state index in [1.807, 2.05) is 0 Å². The Balaban J connectivity index is 3.57. The zero-order valence-corrected chi connectivity index (χ0v) is 13.3. The van der Waals surface area contributed by atoms with E-state index in [0.29, 0.717) is 0 Å². The zero-order chi connectivity index (χ0) is 15.6. The lowest BCUT2D eigenvalue weighted by atomic mass is 10.3. The Bertz CT molecular complexity index is 680. The third-order valence-electron chi connectivity index (χ3n) is 2.86. The van der Waals surface area contributed by atoms with Crippen LogP contribution in [0.2, 0.25) is 0 Å². The molecule has 1 rings (SSSR count). The summed E-state index contributed by atoms with van der Waals surface area (Å²) in [6, 6.07) is 3.77. The number of anilines is 1. The van der Waals surface area contributed by atoms with Crippen LogP contribution in [-0.4, -0.2) is 40.5 Å². The van der Waals surface area contributed by atoms with Gasteiger partial charge in [0.15, 0.2) is 9.84 Å². The molecule has 0 spiro atoms. The number of nitrogens with one attached hydrogen (secondary N) is 1. The molecule has 0 aliphatic heterocycles. The molecule has 9 heteroatoms. The maximum atomic E-state index is 12.5. The van der Waals surface area contributed by atoms with E-state index in [4.69, 9.17) is 5.84 Å². The minimum absolute atomic E-state index is 0.0674. The van der Waals surface area contributed by atoms with Gasteiger partial charge in [-0.3, -0.25) is 5.84 Å². The lowest BCUT2D eigenvalue weighted by molar-refractivity contribution is 0.445. The van der Waals surface area contributed by atoms with Crippen LogP contribution >= 0.6 is 0 Å². The number of nitrogens with zero attached hydrogens (tertiary/aromatic N) is 1. The monoisotopic (exact) mass is 321 g/mol. The van der Waals surface area contributed by atoms with Crippen LogP contribution in [0.3, 0.4) is 0 Å². The summed E-state index contributed by atoms with van der Waals surface area (Å²) in [5.74, 6) is 5.31. The zero-order valence-electron chi connectivity index (χ0n) is 11.6. The molecule has 0 fully saturated rings. The second kappa shape index (κ2) is 6.08. The topological polar surface area (TPSA) is 110 Å². The molecule has 0 amide bonds. The van der Waals surface area contributed by atoms with Crippen LogP contribution in [0.4, 0.5) is 5.69 Å². The van der Waals surface area contributed by atoms with Crippen LogP contribution in [0.1, 0.15) is 13.8 Å². The van der Waals surface area contributed by atoms with Crippen molar-refractivity contribution < 1.29 is 16.8 Å². The van der Waals surface area contributed by atoms with Gasteiger partial charge < -0.3 is 5.43 Å². The Hall–Kier alpha value is -1.16. The van der Waals surface area contributed by atoms with Crippen LogP contribution < -0.4 is 11.3 Å². The van der Waals surface area contributed by atoms with Crippen LogP contribution in [0.5, 0.6) is 0 Å². The number of sulfone groups is 1. The fourth-order valence-corrected chi connectivity index (χ4v) is 4.13. The lowest BCUT2D eigenvalue weighted by Gasteiger charge is -2.20. The first-order valence-electron chi connectivity index (χ1n) is 5.99. The number of hydrazine groups is 1. The largest absolute Gasteiger partial charge is 0.323 e. The van der Waals surface area contributed by atoms with Crippen molar-refractivity contribution in [2.75, 3.05) is 24.8 Å². The summed E-state index contributed by atoms with van der Waals surface area (Å²) in [7, 11) is -7.30. The highest BCUT2D eigenvalue weighted by Crippen LogP contribution is 2.27. The molecule has 0 heterocycles. The van der Waals surface area contributed by atoms with Gasteiger partial charge in [0, 0.05) is 19.3 Å². The molecule has 0 bridgehead atoms. The summed E-state index contributed by atoms with van der Waals surface area (Å²) >= 11 is 0. The van der Waals surface area contributed by atoms with Gasteiger partial charge in [0.1, 0.15) is 4.90 Å². The maximum absolute atomic E-state index is 12.5. The molecule has 0 aromatic heterocycles. The standard InChI is InChI=1S/C11H19N3O4S2/c1-4-14(5-2)20(17,18)11-8-9(19(3,15)16)6-7-10(11)13-12/h6-8,13H,4-5,12H2,1-3H3. The summed E-state index contributed by atoms with van der Waals surface area (Å²) in [5, 5.41) is 0. The highest BCUT2D eigenvalue weighted by Gasteiger charge is 2.26. The third kappa shape index (κ3) is 3.29. The Morgan fingerprint density at radius 2 is 1.70 bits per heavy atom. The number of sulfonamides is 1. The Labute approximate surface area is 119 Å². The molecule has 114 valence electrons. The Morgan fingerprint density at radius 3 is 2.10 bits per heavy atom. The van der Waals surface area contributed by atoms with Crippen LogP contribution in [0.25, 0.3) is 0 Å². The van der Waals surface area contributed by atoms with Crippen molar-refractivity contribution in [1.82, 2.24) is 4.31 Å². The van der Waals surface area contributed by atoms with Crippen molar-refractivity contribution in [3.05, 3.63) is 18.2 Å². The van der Waals surface area contributed by atoms with E-state index >= 15 is 0 Å². The van der Waals surface area contributed by atoms with E-state index in [1.165, 1.54) is 16.4 Å². The molecule has 7 nitrogen and oxygen atoms in total. The molecule has 3 N–H and O–H groups in total. The SMILES string of the molecule is CCN(CC)S(=O)(=O)c1cc(S(C)(=O)=O)ccc1NN. The number of benzene rings is 1. The summed E-state index contributed by atoms with van der Waals surface area (Å²) in [5.41, 5.74) is 2.44. The number of hydrogen-bond donors (Lipinski definition) is 2. The molecule has 0 aliphatic carbocycles. The molecule has 20 heavy (non-hydrogen) atoms. The summed E-state index contributed by atoms with van der Waals surface area (Å²) in [4.78, 5) is -0.214.